The number of nitrogens with zero attached hydrogens (tertiary/aromatic N) is 2. The second-order valence-corrected chi connectivity index (χ2v) is 7.16. The van der Waals surface area contributed by atoms with E-state index in [-0.39, 0.29) is 18.0 Å². The summed E-state index contributed by atoms with van der Waals surface area (Å²) in [5.74, 6) is 1.74. The van der Waals surface area contributed by atoms with E-state index in [4.69, 9.17) is 9.47 Å². The number of carbonyl (C=O) groups is 1. The molecule has 166 valence electrons. The van der Waals surface area contributed by atoms with Crippen molar-refractivity contribution in [3.05, 3.63) is 101 Å². The summed E-state index contributed by atoms with van der Waals surface area (Å²) < 4.78 is 12.4. The lowest BCUT2D eigenvalue weighted by Crippen LogP contribution is -2.29. The Labute approximate surface area is 191 Å². The van der Waals surface area contributed by atoms with Gasteiger partial charge in [-0.05, 0) is 61.5 Å². The molecule has 1 amide bonds. The number of hydrogen-bond acceptors (Lipinski definition) is 5. The van der Waals surface area contributed by atoms with Crippen molar-refractivity contribution < 1.29 is 14.3 Å². The van der Waals surface area contributed by atoms with Gasteiger partial charge in [-0.15, -0.1) is 0 Å². The van der Waals surface area contributed by atoms with E-state index in [9.17, 15) is 9.59 Å². The molecule has 0 unspecified atom stereocenters. The second-order valence-electron chi connectivity index (χ2n) is 7.16. The number of amides is 1. The maximum atomic E-state index is 12.5. The summed E-state index contributed by atoms with van der Waals surface area (Å²) in [4.78, 5) is 24.7. The number of hydrogen-bond donors (Lipinski definition) is 1. The van der Waals surface area contributed by atoms with E-state index in [1.165, 1.54) is 6.07 Å². The lowest BCUT2D eigenvalue weighted by Gasteiger charge is -2.10. The zero-order valence-electron chi connectivity index (χ0n) is 18.1. The van der Waals surface area contributed by atoms with E-state index < -0.39 is 0 Å². The van der Waals surface area contributed by atoms with Gasteiger partial charge in [0.1, 0.15) is 23.8 Å². The van der Waals surface area contributed by atoms with E-state index in [2.05, 4.69) is 10.4 Å². The number of aromatic nitrogens is 2. The van der Waals surface area contributed by atoms with Crippen LogP contribution < -0.4 is 20.3 Å². The topological polar surface area (TPSA) is 82.4 Å². The van der Waals surface area contributed by atoms with E-state index in [0.717, 1.165) is 16.0 Å². The van der Waals surface area contributed by atoms with Crippen molar-refractivity contribution in [1.29, 1.82) is 0 Å². The monoisotopic (exact) mass is 441 g/mol. The van der Waals surface area contributed by atoms with E-state index in [1.807, 2.05) is 61.5 Å². The van der Waals surface area contributed by atoms with Crippen molar-refractivity contribution in [2.45, 2.75) is 13.5 Å². The minimum atomic E-state index is -0.352. The van der Waals surface area contributed by atoms with Gasteiger partial charge in [0.15, 0.2) is 0 Å². The Hall–Kier alpha value is -4.39. The van der Waals surface area contributed by atoms with Crippen molar-refractivity contribution in [3.8, 4) is 28.5 Å². The summed E-state index contributed by atoms with van der Waals surface area (Å²) in [7, 11) is 0. The molecule has 1 aromatic heterocycles. The van der Waals surface area contributed by atoms with Crippen LogP contribution in [0.15, 0.2) is 95.8 Å². The SMILES string of the molecule is CCOc1ccc(Oc2ccc(NC(=O)Cn3nc(-c4ccccc4)ccc3=O)cc2)cc1. The van der Waals surface area contributed by atoms with Crippen molar-refractivity contribution in [2.24, 2.45) is 0 Å². The first kappa shape index (κ1) is 21.8. The van der Waals surface area contributed by atoms with Crippen molar-refractivity contribution >= 4 is 11.6 Å². The fourth-order valence-electron chi connectivity index (χ4n) is 3.17. The normalized spacial score (nSPS) is 10.5. The molecule has 0 aliphatic carbocycles. The van der Waals surface area contributed by atoms with Gasteiger partial charge in [-0.2, -0.15) is 5.10 Å². The standard InChI is InChI=1S/C26H23N3O4/c1-2-32-21-12-14-23(15-13-21)33-22-10-8-20(9-11-22)27-25(30)18-29-26(31)17-16-24(28-29)19-6-4-3-5-7-19/h3-17H,2,18H2,1H3,(H,27,30). The average Bonchev–Trinajstić information content (AvgIpc) is 2.84. The largest absolute Gasteiger partial charge is 0.494 e. The summed E-state index contributed by atoms with van der Waals surface area (Å²) in [5.41, 5.74) is 1.74. The maximum Gasteiger partial charge on any atom is 0.267 e. The van der Waals surface area contributed by atoms with Crippen LogP contribution in [0.2, 0.25) is 0 Å². The van der Waals surface area contributed by atoms with Crippen LogP contribution in [-0.2, 0) is 11.3 Å². The highest BCUT2D eigenvalue weighted by molar-refractivity contribution is 5.90. The van der Waals surface area contributed by atoms with Crippen LogP contribution in [0.4, 0.5) is 5.69 Å². The van der Waals surface area contributed by atoms with Crippen LogP contribution in [0.3, 0.4) is 0 Å². The molecule has 0 saturated carbocycles. The quantitative estimate of drug-likeness (QED) is 0.427. The predicted octanol–water partition coefficient (Wildman–Crippen LogP) is 4.74. The van der Waals surface area contributed by atoms with Gasteiger partial charge in [-0.3, -0.25) is 9.59 Å². The molecule has 7 nitrogen and oxygen atoms in total. The molecule has 0 aliphatic rings. The molecule has 0 radical (unpaired) electrons. The molecule has 7 heteroatoms. The van der Waals surface area contributed by atoms with Crippen molar-refractivity contribution in [2.75, 3.05) is 11.9 Å². The lowest BCUT2D eigenvalue weighted by atomic mass is 10.1. The predicted molar refractivity (Wildman–Crippen MR) is 127 cm³/mol. The molecule has 0 bridgehead atoms. The minimum absolute atomic E-state index is 0.191. The smallest absolute Gasteiger partial charge is 0.267 e. The first-order chi connectivity index (χ1) is 16.1. The zero-order valence-corrected chi connectivity index (χ0v) is 18.1. The summed E-state index contributed by atoms with van der Waals surface area (Å²) in [6, 6.07) is 26.9. The van der Waals surface area contributed by atoms with Crippen LogP contribution >= 0.6 is 0 Å². The number of rotatable bonds is 8. The van der Waals surface area contributed by atoms with E-state index >= 15 is 0 Å². The molecular weight excluding hydrogens is 418 g/mol. The highest BCUT2D eigenvalue weighted by Crippen LogP contribution is 2.25. The molecule has 0 saturated heterocycles. The highest BCUT2D eigenvalue weighted by Gasteiger charge is 2.09. The zero-order chi connectivity index (χ0) is 23.0. The van der Waals surface area contributed by atoms with Gasteiger partial charge in [0.25, 0.3) is 5.56 Å². The number of ether oxygens (including phenoxy) is 2. The number of carbonyl (C=O) groups excluding carboxylic acids is 1. The molecule has 4 rings (SSSR count). The first-order valence-corrected chi connectivity index (χ1v) is 10.5. The third-order valence-electron chi connectivity index (χ3n) is 4.74. The summed E-state index contributed by atoms with van der Waals surface area (Å²) in [6.45, 7) is 2.35. The van der Waals surface area contributed by atoms with E-state index in [0.29, 0.717) is 29.5 Å². The fourth-order valence-corrected chi connectivity index (χ4v) is 3.17. The molecule has 33 heavy (non-hydrogen) atoms. The summed E-state index contributed by atoms with van der Waals surface area (Å²) in [5, 5.41) is 7.10. The minimum Gasteiger partial charge on any atom is -0.494 e. The lowest BCUT2D eigenvalue weighted by molar-refractivity contribution is -0.117. The fraction of sp³-hybridized carbons (Fsp3) is 0.115. The molecule has 4 aromatic rings. The van der Waals surface area contributed by atoms with Gasteiger partial charge in [-0.25, -0.2) is 4.68 Å². The molecule has 0 spiro atoms. The van der Waals surface area contributed by atoms with Gasteiger partial charge in [0.2, 0.25) is 5.91 Å². The Bertz CT molecular complexity index is 1270. The Morgan fingerprint density at radius 1 is 0.848 bits per heavy atom. The van der Waals surface area contributed by atoms with E-state index in [1.54, 1.807) is 30.3 Å². The molecular formula is C26H23N3O4. The van der Waals surface area contributed by atoms with Crippen molar-refractivity contribution in [1.82, 2.24) is 9.78 Å². The first-order valence-electron chi connectivity index (χ1n) is 10.5. The van der Waals surface area contributed by atoms with Crippen LogP contribution in [0.1, 0.15) is 6.92 Å². The highest BCUT2D eigenvalue weighted by atomic mass is 16.5. The summed E-state index contributed by atoms with van der Waals surface area (Å²) >= 11 is 0. The molecule has 1 heterocycles. The molecule has 1 N–H and O–H groups in total. The number of benzene rings is 3. The van der Waals surface area contributed by atoms with Gasteiger partial charge >= 0.3 is 0 Å². The molecule has 3 aromatic carbocycles. The van der Waals surface area contributed by atoms with Crippen LogP contribution in [0.25, 0.3) is 11.3 Å². The van der Waals surface area contributed by atoms with Gasteiger partial charge < -0.3 is 14.8 Å². The Kier molecular flexibility index (Phi) is 6.80. The van der Waals surface area contributed by atoms with Crippen LogP contribution in [-0.4, -0.2) is 22.3 Å². The number of anilines is 1. The van der Waals surface area contributed by atoms with Gasteiger partial charge in [-0.1, -0.05) is 30.3 Å². The average molecular weight is 441 g/mol. The Balaban J connectivity index is 1.37. The summed E-state index contributed by atoms with van der Waals surface area (Å²) in [6.07, 6.45) is 0. The molecule has 0 aliphatic heterocycles. The van der Waals surface area contributed by atoms with Crippen molar-refractivity contribution in [3.63, 3.8) is 0 Å². The Morgan fingerprint density at radius 3 is 2.15 bits per heavy atom. The number of nitrogens with one attached hydrogen (secondary N) is 1. The second kappa shape index (κ2) is 10.3. The van der Waals surface area contributed by atoms with Crippen LogP contribution in [0, 0.1) is 0 Å². The maximum absolute atomic E-state index is 12.5. The molecule has 0 atom stereocenters. The molecule has 0 fully saturated rings. The van der Waals surface area contributed by atoms with Gasteiger partial charge in [0, 0.05) is 17.3 Å². The van der Waals surface area contributed by atoms with Crippen LogP contribution in [0.5, 0.6) is 17.2 Å². The van der Waals surface area contributed by atoms with Gasteiger partial charge in [0.05, 0.1) is 12.3 Å². The Morgan fingerprint density at radius 2 is 1.48 bits per heavy atom. The third-order valence-corrected chi connectivity index (χ3v) is 4.74. The third kappa shape index (κ3) is 5.86.